The van der Waals surface area contributed by atoms with E-state index in [1.807, 2.05) is 18.2 Å². The Morgan fingerprint density at radius 3 is 2.79 bits per heavy atom. The predicted molar refractivity (Wildman–Crippen MR) is 120 cm³/mol. The van der Waals surface area contributed by atoms with Crippen LogP contribution in [0, 0.1) is 0 Å². The molecular formula is C22H24ClN3OS. The van der Waals surface area contributed by atoms with E-state index in [1.165, 1.54) is 36.6 Å². The largest absolute Gasteiger partial charge is 0.495 e. The van der Waals surface area contributed by atoms with Gasteiger partial charge in [0, 0.05) is 35.4 Å². The van der Waals surface area contributed by atoms with Crippen LogP contribution < -0.4 is 10.1 Å². The third-order valence-corrected chi connectivity index (χ3v) is 6.08. The number of aromatic nitrogens is 1. The van der Waals surface area contributed by atoms with Gasteiger partial charge < -0.3 is 19.9 Å². The van der Waals surface area contributed by atoms with Crippen LogP contribution >= 0.6 is 23.8 Å². The van der Waals surface area contributed by atoms with Crippen molar-refractivity contribution in [2.75, 3.05) is 12.4 Å². The highest BCUT2D eigenvalue weighted by atomic mass is 35.5. The summed E-state index contributed by atoms with van der Waals surface area (Å²) in [6.07, 6.45) is 6.96. The number of H-pyrrole nitrogens is 1. The van der Waals surface area contributed by atoms with E-state index < -0.39 is 0 Å². The molecule has 1 aliphatic carbocycles. The van der Waals surface area contributed by atoms with Crippen molar-refractivity contribution in [3.63, 3.8) is 0 Å². The highest BCUT2D eigenvalue weighted by Gasteiger charge is 2.25. The van der Waals surface area contributed by atoms with Gasteiger partial charge >= 0.3 is 0 Å². The molecule has 1 heterocycles. The molecule has 1 aliphatic rings. The van der Waals surface area contributed by atoms with Gasteiger partial charge in [-0.25, -0.2) is 0 Å². The van der Waals surface area contributed by atoms with Crippen LogP contribution in [-0.4, -0.2) is 28.1 Å². The molecule has 0 aliphatic heterocycles. The SMILES string of the molecule is COc1ccc(NC(=S)N(Cc2c[nH]c3ccccc23)C2CCCC2)cc1Cl. The molecule has 3 aromatic rings. The van der Waals surface area contributed by atoms with Gasteiger partial charge in [0.2, 0.25) is 0 Å². The van der Waals surface area contributed by atoms with Gasteiger partial charge in [-0.15, -0.1) is 0 Å². The molecule has 1 fully saturated rings. The van der Waals surface area contributed by atoms with Gasteiger partial charge in [-0.05, 0) is 54.9 Å². The fourth-order valence-electron chi connectivity index (χ4n) is 3.97. The normalized spacial score (nSPS) is 14.4. The van der Waals surface area contributed by atoms with Gasteiger partial charge in [-0.3, -0.25) is 0 Å². The van der Waals surface area contributed by atoms with Crippen molar-refractivity contribution >= 4 is 45.5 Å². The average molecular weight is 414 g/mol. The number of thiocarbonyl (C=S) groups is 1. The summed E-state index contributed by atoms with van der Waals surface area (Å²) in [7, 11) is 1.61. The third-order valence-electron chi connectivity index (χ3n) is 5.45. The second-order valence-corrected chi connectivity index (χ2v) is 8.00. The Bertz CT molecular complexity index is 981. The number of rotatable bonds is 5. The van der Waals surface area contributed by atoms with Crippen molar-refractivity contribution in [2.45, 2.75) is 38.3 Å². The lowest BCUT2D eigenvalue weighted by Gasteiger charge is -2.31. The number of aromatic amines is 1. The zero-order chi connectivity index (χ0) is 19.5. The Kier molecular flexibility index (Phi) is 5.74. The predicted octanol–water partition coefficient (Wildman–Crippen LogP) is 5.97. The molecule has 0 bridgehead atoms. The molecule has 146 valence electrons. The summed E-state index contributed by atoms with van der Waals surface area (Å²) in [5.74, 6) is 0.657. The monoisotopic (exact) mass is 413 g/mol. The number of ether oxygens (including phenoxy) is 1. The third kappa shape index (κ3) is 3.96. The van der Waals surface area contributed by atoms with Crippen LogP contribution in [-0.2, 0) is 6.54 Å². The van der Waals surface area contributed by atoms with E-state index in [0.29, 0.717) is 16.8 Å². The first-order valence-electron chi connectivity index (χ1n) is 9.62. The molecule has 0 atom stereocenters. The lowest BCUT2D eigenvalue weighted by Crippen LogP contribution is -2.40. The summed E-state index contributed by atoms with van der Waals surface area (Å²) in [5.41, 5.74) is 3.29. The van der Waals surface area contributed by atoms with E-state index in [1.54, 1.807) is 7.11 Å². The van der Waals surface area contributed by atoms with Crippen LogP contribution in [0.15, 0.2) is 48.7 Å². The van der Waals surface area contributed by atoms with Crippen molar-refractivity contribution in [1.29, 1.82) is 0 Å². The first kappa shape index (κ1) is 19.1. The highest BCUT2D eigenvalue weighted by Crippen LogP contribution is 2.30. The van der Waals surface area contributed by atoms with Gasteiger partial charge in [0.15, 0.2) is 5.11 Å². The molecule has 2 N–H and O–H groups in total. The molecule has 0 radical (unpaired) electrons. The Labute approximate surface area is 175 Å². The van der Waals surface area contributed by atoms with E-state index in [2.05, 4.69) is 45.7 Å². The summed E-state index contributed by atoms with van der Waals surface area (Å²) in [5, 5.41) is 5.93. The maximum absolute atomic E-state index is 6.27. The topological polar surface area (TPSA) is 40.3 Å². The summed E-state index contributed by atoms with van der Waals surface area (Å²) in [6.45, 7) is 0.782. The van der Waals surface area contributed by atoms with Crippen molar-refractivity contribution in [3.8, 4) is 5.75 Å². The lowest BCUT2D eigenvalue weighted by molar-refractivity contribution is 0.313. The Hall–Kier alpha value is -2.24. The minimum atomic E-state index is 0.461. The summed E-state index contributed by atoms with van der Waals surface area (Å²) in [6, 6.07) is 14.5. The zero-order valence-corrected chi connectivity index (χ0v) is 17.4. The molecular weight excluding hydrogens is 390 g/mol. The number of nitrogens with zero attached hydrogens (tertiary/aromatic N) is 1. The molecule has 28 heavy (non-hydrogen) atoms. The zero-order valence-electron chi connectivity index (χ0n) is 15.9. The Morgan fingerprint density at radius 2 is 2.04 bits per heavy atom. The van der Waals surface area contributed by atoms with Gasteiger partial charge in [0.1, 0.15) is 5.75 Å². The fraction of sp³-hybridized carbons (Fsp3) is 0.318. The van der Waals surface area contributed by atoms with Crippen LogP contribution in [0.25, 0.3) is 10.9 Å². The van der Waals surface area contributed by atoms with Crippen molar-refractivity contribution in [1.82, 2.24) is 9.88 Å². The van der Waals surface area contributed by atoms with Crippen LogP contribution in [0.3, 0.4) is 0 Å². The van der Waals surface area contributed by atoms with Gasteiger partial charge in [-0.1, -0.05) is 42.6 Å². The number of benzene rings is 2. The minimum Gasteiger partial charge on any atom is -0.495 e. The van der Waals surface area contributed by atoms with E-state index >= 15 is 0 Å². The number of fused-ring (bicyclic) bond motifs is 1. The second kappa shape index (κ2) is 8.41. The quantitative estimate of drug-likeness (QED) is 0.505. The van der Waals surface area contributed by atoms with Crippen LogP contribution in [0.1, 0.15) is 31.2 Å². The van der Waals surface area contributed by atoms with Crippen LogP contribution in [0.2, 0.25) is 5.02 Å². The Morgan fingerprint density at radius 1 is 1.25 bits per heavy atom. The first-order valence-corrected chi connectivity index (χ1v) is 10.4. The minimum absolute atomic E-state index is 0.461. The molecule has 1 saturated carbocycles. The average Bonchev–Trinajstić information content (AvgIpc) is 3.36. The van der Waals surface area contributed by atoms with Crippen molar-refractivity contribution < 1.29 is 4.74 Å². The molecule has 4 nitrogen and oxygen atoms in total. The number of halogens is 1. The summed E-state index contributed by atoms with van der Waals surface area (Å²) >= 11 is 12.1. The molecule has 0 unspecified atom stereocenters. The highest BCUT2D eigenvalue weighted by molar-refractivity contribution is 7.80. The van der Waals surface area contributed by atoms with Gasteiger partial charge in [0.25, 0.3) is 0 Å². The maximum atomic E-state index is 6.27. The fourth-order valence-corrected chi connectivity index (χ4v) is 4.56. The van der Waals surface area contributed by atoms with Crippen molar-refractivity contribution in [3.05, 3.63) is 59.2 Å². The number of methoxy groups -OCH3 is 1. The standard InChI is InChI=1S/C22H24ClN3OS/c1-27-21-11-10-16(12-19(21)23)25-22(28)26(17-6-2-3-7-17)14-15-13-24-20-9-5-4-8-18(15)20/h4-5,8-13,17,24H,2-3,6-7,14H2,1H3,(H,25,28). The van der Waals surface area contributed by atoms with E-state index in [4.69, 9.17) is 28.6 Å². The second-order valence-electron chi connectivity index (χ2n) is 7.21. The maximum Gasteiger partial charge on any atom is 0.173 e. The molecule has 1 aromatic heterocycles. The van der Waals surface area contributed by atoms with Crippen LogP contribution in [0.5, 0.6) is 5.75 Å². The Balaban J connectivity index is 1.57. The number of anilines is 1. The molecule has 6 heteroatoms. The lowest BCUT2D eigenvalue weighted by atomic mass is 10.1. The molecule has 0 amide bonds. The molecule has 0 saturated heterocycles. The molecule has 0 spiro atoms. The molecule has 4 rings (SSSR count). The smallest absolute Gasteiger partial charge is 0.173 e. The van der Waals surface area contributed by atoms with Crippen LogP contribution in [0.4, 0.5) is 5.69 Å². The van der Waals surface area contributed by atoms with E-state index in [-0.39, 0.29) is 0 Å². The number of hydrogen-bond donors (Lipinski definition) is 2. The summed E-state index contributed by atoms with van der Waals surface area (Å²) in [4.78, 5) is 5.70. The number of hydrogen-bond acceptors (Lipinski definition) is 2. The number of para-hydroxylation sites is 1. The van der Waals surface area contributed by atoms with E-state index in [9.17, 15) is 0 Å². The van der Waals surface area contributed by atoms with Gasteiger partial charge in [0.05, 0.1) is 12.1 Å². The van der Waals surface area contributed by atoms with Crippen molar-refractivity contribution in [2.24, 2.45) is 0 Å². The first-order chi connectivity index (χ1) is 13.7. The molecule has 2 aromatic carbocycles. The van der Waals surface area contributed by atoms with Gasteiger partial charge in [-0.2, -0.15) is 0 Å². The summed E-state index contributed by atoms with van der Waals surface area (Å²) < 4.78 is 5.24. The van der Waals surface area contributed by atoms with E-state index in [0.717, 1.165) is 22.9 Å². The number of nitrogens with one attached hydrogen (secondary N) is 2.